The molecule has 3 nitrogen and oxygen atoms in total. The fourth-order valence-corrected chi connectivity index (χ4v) is 2.38. The molecular weight excluding hydrogens is 210 g/mol. The molecule has 1 atom stereocenters. The first-order chi connectivity index (χ1) is 8.09. The third kappa shape index (κ3) is 6.39. The van der Waals surface area contributed by atoms with E-state index in [0.29, 0.717) is 6.04 Å². The van der Waals surface area contributed by atoms with E-state index in [-0.39, 0.29) is 0 Å². The second-order valence-corrected chi connectivity index (χ2v) is 5.88. The van der Waals surface area contributed by atoms with Gasteiger partial charge in [-0.2, -0.15) is 0 Å². The maximum Gasteiger partial charge on any atom is 0.0189 e. The van der Waals surface area contributed by atoms with Gasteiger partial charge in [0.1, 0.15) is 0 Å². The van der Waals surface area contributed by atoms with Gasteiger partial charge in [-0.05, 0) is 40.9 Å². The van der Waals surface area contributed by atoms with E-state index < -0.39 is 0 Å². The molecule has 0 amide bonds. The van der Waals surface area contributed by atoms with E-state index in [1.54, 1.807) is 0 Å². The molecule has 102 valence electrons. The van der Waals surface area contributed by atoms with Crippen LogP contribution in [-0.4, -0.2) is 62.7 Å². The number of nitrogens with one attached hydrogen (secondary N) is 1. The highest BCUT2D eigenvalue weighted by molar-refractivity contribution is 4.75. The zero-order valence-electron chi connectivity index (χ0n) is 12.2. The minimum atomic E-state index is 0.636. The molecule has 1 aliphatic rings. The van der Waals surface area contributed by atoms with E-state index in [4.69, 9.17) is 0 Å². The third-order valence-electron chi connectivity index (χ3n) is 3.96. The van der Waals surface area contributed by atoms with Gasteiger partial charge in [-0.1, -0.05) is 19.3 Å². The second-order valence-electron chi connectivity index (χ2n) is 5.88. The van der Waals surface area contributed by atoms with E-state index in [9.17, 15) is 0 Å². The Balaban J connectivity index is 2.12. The quantitative estimate of drug-likeness (QED) is 0.733. The molecular formula is C14H31N3. The lowest BCUT2D eigenvalue weighted by molar-refractivity contribution is 0.215. The van der Waals surface area contributed by atoms with Crippen molar-refractivity contribution >= 4 is 0 Å². The van der Waals surface area contributed by atoms with Crippen LogP contribution in [0, 0.1) is 0 Å². The van der Waals surface area contributed by atoms with Gasteiger partial charge in [0.05, 0.1) is 0 Å². The van der Waals surface area contributed by atoms with Crippen LogP contribution in [0.15, 0.2) is 0 Å². The van der Waals surface area contributed by atoms with Crippen LogP contribution in [0.2, 0.25) is 0 Å². The zero-order chi connectivity index (χ0) is 12.7. The third-order valence-corrected chi connectivity index (χ3v) is 3.96. The van der Waals surface area contributed by atoms with Crippen LogP contribution in [0.4, 0.5) is 0 Å². The van der Waals surface area contributed by atoms with Crippen molar-refractivity contribution in [3.8, 4) is 0 Å². The van der Waals surface area contributed by atoms with Crippen LogP contribution in [0.5, 0.6) is 0 Å². The monoisotopic (exact) mass is 241 g/mol. The lowest BCUT2D eigenvalue weighted by Gasteiger charge is -2.29. The fraction of sp³-hybridized carbons (Fsp3) is 1.00. The first-order valence-corrected chi connectivity index (χ1v) is 7.18. The minimum absolute atomic E-state index is 0.636. The second kappa shape index (κ2) is 8.06. The summed E-state index contributed by atoms with van der Waals surface area (Å²) in [6, 6.07) is 1.42. The summed E-state index contributed by atoms with van der Waals surface area (Å²) in [5, 5.41) is 3.73. The summed E-state index contributed by atoms with van der Waals surface area (Å²) in [7, 11) is 6.51. The Hall–Kier alpha value is -0.120. The summed E-state index contributed by atoms with van der Waals surface area (Å²) in [4.78, 5) is 4.70. The van der Waals surface area contributed by atoms with Crippen LogP contribution in [0.3, 0.4) is 0 Å². The highest BCUT2D eigenvalue weighted by Crippen LogP contribution is 2.17. The molecule has 1 saturated carbocycles. The predicted octanol–water partition coefficient (Wildman–Crippen LogP) is 1.79. The standard InChI is InChI=1S/C14H31N3/c1-13(17(4)11-10-16(2)3)12-15-14-8-6-5-7-9-14/h13-15H,5-12H2,1-4H3. The van der Waals surface area contributed by atoms with Gasteiger partial charge in [-0.15, -0.1) is 0 Å². The van der Waals surface area contributed by atoms with Gasteiger partial charge >= 0.3 is 0 Å². The Bertz CT molecular complexity index is 188. The molecule has 3 heteroatoms. The largest absolute Gasteiger partial charge is 0.312 e. The molecule has 0 aromatic rings. The summed E-state index contributed by atoms with van der Waals surface area (Å²) in [6.45, 7) is 5.75. The van der Waals surface area contributed by atoms with Crippen molar-refractivity contribution < 1.29 is 0 Å². The van der Waals surface area contributed by atoms with Gasteiger partial charge in [0.2, 0.25) is 0 Å². The molecule has 0 heterocycles. The topological polar surface area (TPSA) is 18.5 Å². The number of rotatable bonds is 7. The molecule has 1 fully saturated rings. The van der Waals surface area contributed by atoms with E-state index in [1.807, 2.05) is 0 Å². The highest BCUT2D eigenvalue weighted by atomic mass is 15.2. The average molecular weight is 241 g/mol. The van der Waals surface area contributed by atoms with Crippen molar-refractivity contribution in [1.82, 2.24) is 15.1 Å². The summed E-state index contributed by atoms with van der Waals surface area (Å²) in [6.07, 6.45) is 7.05. The molecule has 17 heavy (non-hydrogen) atoms. The van der Waals surface area contributed by atoms with E-state index in [0.717, 1.165) is 25.7 Å². The molecule has 0 radical (unpaired) electrons. The average Bonchev–Trinajstić information content (AvgIpc) is 2.34. The maximum atomic E-state index is 3.73. The van der Waals surface area contributed by atoms with Crippen LogP contribution in [0.25, 0.3) is 0 Å². The molecule has 0 spiro atoms. The number of nitrogens with zero attached hydrogens (tertiary/aromatic N) is 2. The van der Waals surface area contributed by atoms with Crippen LogP contribution in [-0.2, 0) is 0 Å². The van der Waals surface area contributed by atoms with Crippen LogP contribution < -0.4 is 5.32 Å². The zero-order valence-corrected chi connectivity index (χ0v) is 12.2. The Labute approximate surface area is 108 Å². The highest BCUT2D eigenvalue weighted by Gasteiger charge is 2.15. The summed E-state index contributed by atoms with van der Waals surface area (Å²) in [5.41, 5.74) is 0. The molecule has 0 aliphatic heterocycles. The molecule has 1 unspecified atom stereocenters. The summed E-state index contributed by atoms with van der Waals surface area (Å²) < 4.78 is 0. The molecule has 0 aromatic heterocycles. The summed E-state index contributed by atoms with van der Waals surface area (Å²) >= 11 is 0. The SMILES string of the molecule is CC(CNC1CCCCC1)N(C)CCN(C)C. The van der Waals surface area contributed by atoms with E-state index in [2.05, 4.69) is 43.2 Å². The smallest absolute Gasteiger partial charge is 0.0189 e. The van der Waals surface area contributed by atoms with E-state index >= 15 is 0 Å². The maximum absolute atomic E-state index is 3.73. The van der Waals surface area contributed by atoms with E-state index in [1.165, 1.54) is 32.1 Å². The predicted molar refractivity (Wildman–Crippen MR) is 75.5 cm³/mol. The molecule has 1 aliphatic carbocycles. The van der Waals surface area contributed by atoms with Gasteiger partial charge in [0.15, 0.2) is 0 Å². The lowest BCUT2D eigenvalue weighted by Crippen LogP contribution is -2.44. The van der Waals surface area contributed by atoms with Gasteiger partial charge in [-0.25, -0.2) is 0 Å². The number of hydrogen-bond acceptors (Lipinski definition) is 3. The van der Waals surface area contributed by atoms with Crippen molar-refractivity contribution in [2.75, 3.05) is 40.8 Å². The molecule has 0 bridgehead atoms. The van der Waals surface area contributed by atoms with Crippen molar-refractivity contribution in [1.29, 1.82) is 0 Å². The number of hydrogen-bond donors (Lipinski definition) is 1. The van der Waals surface area contributed by atoms with Crippen molar-refractivity contribution in [3.05, 3.63) is 0 Å². The Kier molecular flexibility index (Phi) is 7.09. The van der Waals surface area contributed by atoms with Crippen molar-refractivity contribution in [2.24, 2.45) is 0 Å². The van der Waals surface area contributed by atoms with Crippen LogP contribution >= 0.6 is 0 Å². The Morgan fingerprint density at radius 3 is 2.29 bits per heavy atom. The molecule has 1 rings (SSSR count). The fourth-order valence-electron chi connectivity index (χ4n) is 2.38. The molecule has 0 aromatic carbocycles. The van der Waals surface area contributed by atoms with Gasteiger partial charge in [0, 0.05) is 31.7 Å². The first kappa shape index (κ1) is 14.9. The van der Waals surface area contributed by atoms with Crippen LogP contribution in [0.1, 0.15) is 39.0 Å². The Morgan fingerprint density at radius 1 is 1.06 bits per heavy atom. The van der Waals surface area contributed by atoms with Gasteiger partial charge in [-0.3, -0.25) is 0 Å². The van der Waals surface area contributed by atoms with Crippen molar-refractivity contribution in [3.63, 3.8) is 0 Å². The molecule has 0 saturated heterocycles. The van der Waals surface area contributed by atoms with Crippen molar-refractivity contribution in [2.45, 2.75) is 51.1 Å². The van der Waals surface area contributed by atoms with Gasteiger partial charge in [0.25, 0.3) is 0 Å². The number of likely N-dealkylation sites (N-methyl/N-ethyl adjacent to an activating group) is 2. The lowest BCUT2D eigenvalue weighted by atomic mass is 9.95. The minimum Gasteiger partial charge on any atom is -0.312 e. The van der Waals surface area contributed by atoms with Gasteiger partial charge < -0.3 is 15.1 Å². The molecule has 1 N–H and O–H groups in total. The normalized spacial score (nSPS) is 20.1. The first-order valence-electron chi connectivity index (χ1n) is 7.18. The Morgan fingerprint density at radius 2 is 1.71 bits per heavy atom. The summed E-state index contributed by atoms with van der Waals surface area (Å²) in [5.74, 6) is 0.